The summed E-state index contributed by atoms with van der Waals surface area (Å²) in [4.78, 5) is 0. The van der Waals surface area contributed by atoms with Crippen LogP contribution in [0.3, 0.4) is 0 Å². The van der Waals surface area contributed by atoms with Gasteiger partial charge in [-0.25, -0.2) is 4.68 Å². The molecule has 3 nitrogen and oxygen atoms in total. The Morgan fingerprint density at radius 1 is 1.00 bits per heavy atom. The van der Waals surface area contributed by atoms with E-state index >= 15 is 0 Å². The lowest BCUT2D eigenvalue weighted by Gasteiger charge is -2.07. The number of nitrogens with two attached hydrogens (primary N) is 1. The highest BCUT2D eigenvalue weighted by molar-refractivity contribution is 6.42. The van der Waals surface area contributed by atoms with Crippen molar-refractivity contribution in [3.63, 3.8) is 0 Å². The van der Waals surface area contributed by atoms with Gasteiger partial charge in [-0.05, 0) is 62.2 Å². The van der Waals surface area contributed by atoms with Crippen molar-refractivity contribution in [2.24, 2.45) is 5.73 Å². The number of rotatable bonds is 4. The molecule has 0 aliphatic heterocycles. The van der Waals surface area contributed by atoms with Crippen LogP contribution in [-0.4, -0.2) is 16.3 Å². The van der Waals surface area contributed by atoms with Gasteiger partial charge in [0.25, 0.3) is 0 Å². The largest absolute Gasteiger partial charge is 0.330 e. The van der Waals surface area contributed by atoms with E-state index in [0.29, 0.717) is 16.6 Å². The van der Waals surface area contributed by atoms with E-state index in [2.05, 4.69) is 31.2 Å². The predicted molar refractivity (Wildman–Crippen MR) is 101 cm³/mol. The summed E-state index contributed by atoms with van der Waals surface area (Å²) >= 11 is 12.2. The first kappa shape index (κ1) is 17.0. The van der Waals surface area contributed by atoms with E-state index in [-0.39, 0.29) is 0 Å². The van der Waals surface area contributed by atoms with E-state index in [9.17, 15) is 0 Å². The van der Waals surface area contributed by atoms with E-state index in [1.807, 2.05) is 29.8 Å². The van der Waals surface area contributed by atoms with Gasteiger partial charge in [0.1, 0.15) is 0 Å². The van der Waals surface area contributed by atoms with Crippen LogP contribution >= 0.6 is 23.2 Å². The van der Waals surface area contributed by atoms with E-state index in [1.165, 1.54) is 5.56 Å². The maximum absolute atomic E-state index is 6.17. The van der Waals surface area contributed by atoms with Crippen LogP contribution in [0.15, 0.2) is 42.5 Å². The first-order valence-corrected chi connectivity index (χ1v) is 8.58. The Hall–Kier alpha value is -1.81. The zero-order valence-electron chi connectivity index (χ0n) is 13.7. The van der Waals surface area contributed by atoms with Gasteiger partial charge in [-0.3, -0.25) is 0 Å². The molecule has 0 radical (unpaired) electrons. The number of halogens is 2. The van der Waals surface area contributed by atoms with Gasteiger partial charge in [0.15, 0.2) is 0 Å². The van der Waals surface area contributed by atoms with Crippen molar-refractivity contribution in [3.05, 3.63) is 69.5 Å². The molecule has 0 spiro atoms. The molecule has 2 aromatic carbocycles. The molecule has 124 valence electrons. The van der Waals surface area contributed by atoms with Crippen molar-refractivity contribution in [2.45, 2.75) is 20.3 Å². The monoisotopic (exact) mass is 359 g/mol. The van der Waals surface area contributed by atoms with E-state index in [1.54, 1.807) is 0 Å². The predicted octanol–water partition coefficient (Wildman–Crippen LogP) is 4.96. The SMILES string of the molecule is Cc1nn(-c2ccc(CCN)cc2)c(C)c1-c1ccc(Cl)c(Cl)c1. The first-order valence-electron chi connectivity index (χ1n) is 7.82. The molecule has 0 saturated heterocycles. The molecule has 0 bridgehead atoms. The van der Waals surface area contributed by atoms with Crippen LogP contribution in [0.25, 0.3) is 16.8 Å². The minimum atomic E-state index is 0.548. The molecule has 1 heterocycles. The molecule has 0 aliphatic carbocycles. The summed E-state index contributed by atoms with van der Waals surface area (Å²) in [5, 5.41) is 5.80. The van der Waals surface area contributed by atoms with Gasteiger partial charge in [-0.1, -0.05) is 41.4 Å². The van der Waals surface area contributed by atoms with Gasteiger partial charge in [0.2, 0.25) is 0 Å². The number of hydrogen-bond donors (Lipinski definition) is 1. The average molecular weight is 360 g/mol. The second-order valence-electron chi connectivity index (χ2n) is 5.79. The quantitative estimate of drug-likeness (QED) is 0.714. The molecular formula is C19H19Cl2N3. The van der Waals surface area contributed by atoms with Crippen LogP contribution in [0, 0.1) is 13.8 Å². The molecule has 0 aliphatic rings. The van der Waals surface area contributed by atoms with E-state index in [0.717, 1.165) is 34.6 Å². The average Bonchev–Trinajstić information content (AvgIpc) is 2.86. The normalized spacial score (nSPS) is 11.0. The van der Waals surface area contributed by atoms with Crippen LogP contribution in [0.4, 0.5) is 0 Å². The molecule has 24 heavy (non-hydrogen) atoms. The summed E-state index contributed by atoms with van der Waals surface area (Å²) in [5.41, 5.74) is 12.0. The Labute approximate surface area is 152 Å². The molecule has 3 aromatic rings. The summed E-state index contributed by atoms with van der Waals surface area (Å²) in [6, 6.07) is 14.0. The molecule has 0 fully saturated rings. The molecule has 3 rings (SSSR count). The summed E-state index contributed by atoms with van der Waals surface area (Å²) in [6.45, 7) is 4.72. The zero-order valence-corrected chi connectivity index (χ0v) is 15.2. The minimum absolute atomic E-state index is 0.548. The van der Waals surface area contributed by atoms with E-state index in [4.69, 9.17) is 34.0 Å². The van der Waals surface area contributed by atoms with Crippen molar-refractivity contribution in [1.82, 2.24) is 9.78 Å². The van der Waals surface area contributed by atoms with Crippen LogP contribution in [0.2, 0.25) is 10.0 Å². The van der Waals surface area contributed by atoms with Crippen molar-refractivity contribution in [3.8, 4) is 16.8 Å². The number of aryl methyl sites for hydroxylation is 1. The third-order valence-corrected chi connectivity index (χ3v) is 4.85. The number of benzene rings is 2. The maximum Gasteiger partial charge on any atom is 0.0679 e. The minimum Gasteiger partial charge on any atom is -0.330 e. The van der Waals surface area contributed by atoms with Gasteiger partial charge in [0.05, 0.1) is 21.4 Å². The summed E-state index contributed by atoms with van der Waals surface area (Å²) < 4.78 is 1.96. The van der Waals surface area contributed by atoms with Crippen molar-refractivity contribution in [2.75, 3.05) is 6.54 Å². The van der Waals surface area contributed by atoms with Crippen LogP contribution in [-0.2, 0) is 6.42 Å². The molecule has 1 aromatic heterocycles. The molecule has 0 unspecified atom stereocenters. The number of hydrogen-bond acceptors (Lipinski definition) is 2. The number of nitrogens with zero attached hydrogens (tertiary/aromatic N) is 2. The fraction of sp³-hybridized carbons (Fsp3) is 0.211. The lowest BCUT2D eigenvalue weighted by molar-refractivity contribution is 0.832. The highest BCUT2D eigenvalue weighted by Crippen LogP contribution is 2.33. The Kier molecular flexibility index (Phi) is 4.95. The molecule has 2 N–H and O–H groups in total. The fourth-order valence-electron chi connectivity index (χ4n) is 2.93. The Morgan fingerprint density at radius 2 is 1.71 bits per heavy atom. The van der Waals surface area contributed by atoms with Crippen LogP contribution in [0.5, 0.6) is 0 Å². The van der Waals surface area contributed by atoms with Gasteiger partial charge >= 0.3 is 0 Å². The molecule has 0 atom stereocenters. The molecule has 0 amide bonds. The lowest BCUT2D eigenvalue weighted by atomic mass is 10.0. The van der Waals surface area contributed by atoms with Gasteiger partial charge < -0.3 is 5.73 Å². The highest BCUT2D eigenvalue weighted by Gasteiger charge is 2.15. The standard InChI is InChI=1S/C19H19Cl2N3/c1-12-19(15-5-8-17(20)18(21)11-15)13(2)24(23-12)16-6-3-14(4-7-16)9-10-22/h3-8,11H,9-10,22H2,1-2H3. The summed E-state index contributed by atoms with van der Waals surface area (Å²) in [7, 11) is 0. The Bertz CT molecular complexity index is 867. The molecule has 0 saturated carbocycles. The third kappa shape index (κ3) is 3.20. The zero-order chi connectivity index (χ0) is 17.3. The van der Waals surface area contributed by atoms with Crippen LogP contribution in [0.1, 0.15) is 17.0 Å². The van der Waals surface area contributed by atoms with E-state index < -0.39 is 0 Å². The molecule has 5 heteroatoms. The lowest BCUT2D eigenvalue weighted by Crippen LogP contribution is -2.03. The summed E-state index contributed by atoms with van der Waals surface area (Å²) in [5.74, 6) is 0. The van der Waals surface area contributed by atoms with Crippen molar-refractivity contribution in [1.29, 1.82) is 0 Å². The maximum atomic E-state index is 6.17. The van der Waals surface area contributed by atoms with Crippen molar-refractivity contribution >= 4 is 23.2 Å². The van der Waals surface area contributed by atoms with Gasteiger partial charge in [0, 0.05) is 11.3 Å². The second-order valence-corrected chi connectivity index (χ2v) is 6.61. The smallest absolute Gasteiger partial charge is 0.0679 e. The van der Waals surface area contributed by atoms with Gasteiger partial charge in [-0.2, -0.15) is 5.10 Å². The van der Waals surface area contributed by atoms with Crippen molar-refractivity contribution < 1.29 is 0 Å². The second kappa shape index (κ2) is 6.98. The third-order valence-electron chi connectivity index (χ3n) is 4.11. The van der Waals surface area contributed by atoms with Crippen LogP contribution < -0.4 is 5.73 Å². The van der Waals surface area contributed by atoms with Gasteiger partial charge in [-0.15, -0.1) is 0 Å². The first-order chi connectivity index (χ1) is 11.5. The Balaban J connectivity index is 2.04. The number of aromatic nitrogens is 2. The molecular weight excluding hydrogens is 341 g/mol. The summed E-state index contributed by atoms with van der Waals surface area (Å²) in [6.07, 6.45) is 0.881. The topological polar surface area (TPSA) is 43.8 Å². The fourth-order valence-corrected chi connectivity index (χ4v) is 3.23. The highest BCUT2D eigenvalue weighted by atomic mass is 35.5. The Morgan fingerprint density at radius 3 is 2.33 bits per heavy atom.